The van der Waals surface area contributed by atoms with Gasteiger partial charge in [-0.05, 0) is 32.1 Å². The summed E-state index contributed by atoms with van der Waals surface area (Å²) < 4.78 is 9.96. The second kappa shape index (κ2) is 5.14. The second-order valence-electron chi connectivity index (χ2n) is 3.35. The summed E-state index contributed by atoms with van der Waals surface area (Å²) >= 11 is 0. The van der Waals surface area contributed by atoms with E-state index in [9.17, 15) is 15.0 Å². The van der Waals surface area contributed by atoms with Gasteiger partial charge in [-0.3, -0.25) is 0 Å². The number of carbonyl (C=O) groups excluding carboxylic acids is 1. The average molecular weight is 228 g/mol. The first-order chi connectivity index (χ1) is 7.54. The summed E-state index contributed by atoms with van der Waals surface area (Å²) in [4.78, 5) is 11.6. The van der Waals surface area contributed by atoms with Gasteiger partial charge in [0, 0.05) is 6.61 Å². The van der Waals surface area contributed by atoms with Crippen molar-refractivity contribution in [1.29, 1.82) is 0 Å². The number of ether oxygens (including phenoxy) is 2. The van der Waals surface area contributed by atoms with E-state index in [1.807, 2.05) is 0 Å². The molecule has 1 aliphatic rings. The first-order valence-corrected chi connectivity index (χ1v) is 5.15. The van der Waals surface area contributed by atoms with Gasteiger partial charge in [0.25, 0.3) is 0 Å². The molecule has 5 nitrogen and oxygen atoms in total. The van der Waals surface area contributed by atoms with E-state index in [2.05, 4.69) is 0 Å². The van der Waals surface area contributed by atoms with Gasteiger partial charge < -0.3 is 19.7 Å². The van der Waals surface area contributed by atoms with Crippen molar-refractivity contribution in [3.63, 3.8) is 0 Å². The number of hydrogen-bond acceptors (Lipinski definition) is 5. The number of rotatable bonds is 4. The van der Waals surface area contributed by atoms with Crippen molar-refractivity contribution in [2.75, 3.05) is 13.2 Å². The van der Waals surface area contributed by atoms with Gasteiger partial charge in [-0.15, -0.1) is 0 Å². The van der Waals surface area contributed by atoms with Crippen molar-refractivity contribution >= 4 is 5.97 Å². The fourth-order valence-electron chi connectivity index (χ4n) is 1.43. The maximum absolute atomic E-state index is 11.6. The first-order valence-electron chi connectivity index (χ1n) is 5.15. The summed E-state index contributed by atoms with van der Waals surface area (Å²) in [5, 5.41) is 19.4. The van der Waals surface area contributed by atoms with E-state index < -0.39 is 17.7 Å². The second-order valence-corrected chi connectivity index (χ2v) is 3.35. The Bertz CT molecular complexity index is 320. The Balaban J connectivity index is 2.91. The predicted molar refractivity (Wildman–Crippen MR) is 56.8 cm³/mol. The summed E-state index contributed by atoms with van der Waals surface area (Å²) in [5.74, 6) is -0.833. The Labute approximate surface area is 94.0 Å². The molecular formula is C11H16O5. The van der Waals surface area contributed by atoms with E-state index in [1.54, 1.807) is 13.8 Å². The van der Waals surface area contributed by atoms with Crippen LogP contribution in [-0.2, 0) is 14.3 Å². The molecule has 2 unspecified atom stereocenters. The Hall–Kier alpha value is -1.33. The molecule has 0 saturated heterocycles. The van der Waals surface area contributed by atoms with Crippen molar-refractivity contribution in [3.05, 3.63) is 24.0 Å². The molecular weight excluding hydrogens is 212 g/mol. The fraction of sp³-hybridized carbons (Fsp3) is 0.545. The van der Waals surface area contributed by atoms with E-state index in [-0.39, 0.29) is 12.4 Å². The summed E-state index contributed by atoms with van der Waals surface area (Å²) in [6.07, 6.45) is 2.77. The molecule has 0 bridgehead atoms. The monoisotopic (exact) mass is 228 g/mol. The largest absolute Gasteiger partial charge is 0.508 e. The SMILES string of the molecule is CCOC(=O)C1(O)C=CC(O)=CC1OCC. The number of aliphatic hydroxyl groups excluding tert-OH is 1. The zero-order valence-corrected chi connectivity index (χ0v) is 9.34. The highest BCUT2D eigenvalue weighted by Gasteiger charge is 2.45. The fourth-order valence-corrected chi connectivity index (χ4v) is 1.43. The third-order valence-corrected chi connectivity index (χ3v) is 2.21. The Morgan fingerprint density at radius 3 is 2.75 bits per heavy atom. The highest BCUT2D eigenvalue weighted by Crippen LogP contribution is 2.25. The van der Waals surface area contributed by atoms with Crippen LogP contribution < -0.4 is 0 Å². The minimum atomic E-state index is -1.86. The molecule has 5 heteroatoms. The van der Waals surface area contributed by atoms with Crippen LogP contribution in [0.3, 0.4) is 0 Å². The topological polar surface area (TPSA) is 76.0 Å². The molecule has 0 amide bonds. The molecule has 90 valence electrons. The van der Waals surface area contributed by atoms with Crippen molar-refractivity contribution in [3.8, 4) is 0 Å². The average Bonchev–Trinajstić information content (AvgIpc) is 2.24. The molecule has 0 aromatic rings. The number of aliphatic hydroxyl groups is 2. The van der Waals surface area contributed by atoms with Gasteiger partial charge in [-0.1, -0.05) is 0 Å². The first kappa shape index (κ1) is 12.7. The standard InChI is InChI=1S/C11H16O5/c1-3-15-9-7-8(12)5-6-11(9,14)10(13)16-4-2/h5-7,9,12,14H,3-4H2,1-2H3. The lowest BCUT2D eigenvalue weighted by Gasteiger charge is -2.31. The third kappa shape index (κ3) is 2.43. The summed E-state index contributed by atoms with van der Waals surface area (Å²) in [6, 6.07) is 0. The number of esters is 1. The molecule has 0 radical (unpaired) electrons. The van der Waals surface area contributed by atoms with E-state index in [1.165, 1.54) is 18.2 Å². The lowest BCUT2D eigenvalue weighted by molar-refractivity contribution is -0.170. The molecule has 0 saturated carbocycles. The third-order valence-electron chi connectivity index (χ3n) is 2.21. The van der Waals surface area contributed by atoms with Crippen LogP contribution in [-0.4, -0.2) is 41.1 Å². The molecule has 16 heavy (non-hydrogen) atoms. The van der Waals surface area contributed by atoms with Gasteiger partial charge >= 0.3 is 5.97 Å². The van der Waals surface area contributed by atoms with E-state index in [0.717, 1.165) is 0 Å². The van der Waals surface area contributed by atoms with Crippen molar-refractivity contribution in [2.24, 2.45) is 0 Å². The normalized spacial score (nSPS) is 28.7. The molecule has 0 aromatic heterocycles. The van der Waals surface area contributed by atoms with Crippen molar-refractivity contribution < 1.29 is 24.5 Å². The number of hydrogen-bond donors (Lipinski definition) is 2. The highest BCUT2D eigenvalue weighted by molar-refractivity contribution is 5.83. The van der Waals surface area contributed by atoms with Crippen LogP contribution in [0.25, 0.3) is 0 Å². The van der Waals surface area contributed by atoms with Gasteiger partial charge in [-0.25, -0.2) is 4.79 Å². The zero-order valence-electron chi connectivity index (χ0n) is 9.34. The lowest BCUT2D eigenvalue weighted by Crippen LogP contribution is -2.50. The molecule has 0 aliphatic heterocycles. The molecule has 2 atom stereocenters. The Kier molecular flexibility index (Phi) is 4.09. The van der Waals surface area contributed by atoms with Gasteiger partial charge in [0.1, 0.15) is 11.9 Å². The van der Waals surface area contributed by atoms with Crippen LogP contribution >= 0.6 is 0 Å². The predicted octanol–water partition coefficient (Wildman–Crippen LogP) is 0.697. The maximum atomic E-state index is 11.6. The summed E-state index contributed by atoms with van der Waals surface area (Å²) in [5.41, 5.74) is -1.86. The highest BCUT2D eigenvalue weighted by atomic mass is 16.6. The van der Waals surface area contributed by atoms with Crippen LogP contribution in [0, 0.1) is 0 Å². The van der Waals surface area contributed by atoms with Gasteiger partial charge in [-0.2, -0.15) is 0 Å². The van der Waals surface area contributed by atoms with Crippen molar-refractivity contribution in [1.82, 2.24) is 0 Å². The van der Waals surface area contributed by atoms with Crippen LogP contribution in [0.15, 0.2) is 24.0 Å². The van der Waals surface area contributed by atoms with Crippen LogP contribution in [0.2, 0.25) is 0 Å². The molecule has 1 aliphatic carbocycles. The van der Waals surface area contributed by atoms with Gasteiger partial charge in [0.05, 0.1) is 6.61 Å². The van der Waals surface area contributed by atoms with E-state index in [0.29, 0.717) is 6.61 Å². The molecule has 2 N–H and O–H groups in total. The van der Waals surface area contributed by atoms with E-state index in [4.69, 9.17) is 9.47 Å². The zero-order chi connectivity index (χ0) is 12.2. The smallest absolute Gasteiger partial charge is 0.345 e. The van der Waals surface area contributed by atoms with Crippen LogP contribution in [0.4, 0.5) is 0 Å². The van der Waals surface area contributed by atoms with Gasteiger partial charge in [0.2, 0.25) is 5.60 Å². The molecule has 0 spiro atoms. The van der Waals surface area contributed by atoms with Crippen molar-refractivity contribution in [2.45, 2.75) is 25.6 Å². The van der Waals surface area contributed by atoms with Crippen LogP contribution in [0.1, 0.15) is 13.8 Å². The minimum Gasteiger partial charge on any atom is -0.508 e. The van der Waals surface area contributed by atoms with E-state index >= 15 is 0 Å². The minimum absolute atomic E-state index is 0.0487. The maximum Gasteiger partial charge on any atom is 0.345 e. The lowest BCUT2D eigenvalue weighted by atomic mass is 9.91. The van der Waals surface area contributed by atoms with Gasteiger partial charge in [0.15, 0.2) is 0 Å². The number of allylic oxidation sites excluding steroid dienone is 1. The molecule has 1 rings (SSSR count). The van der Waals surface area contributed by atoms with Crippen LogP contribution in [0.5, 0.6) is 0 Å². The quantitative estimate of drug-likeness (QED) is 0.692. The summed E-state index contributed by atoms with van der Waals surface area (Å²) in [7, 11) is 0. The molecule has 0 fully saturated rings. The Morgan fingerprint density at radius 1 is 1.50 bits per heavy atom. The molecule has 0 heterocycles. The summed E-state index contributed by atoms with van der Waals surface area (Å²) in [6.45, 7) is 3.86. The molecule has 0 aromatic carbocycles. The Morgan fingerprint density at radius 2 is 2.19 bits per heavy atom. The number of carbonyl (C=O) groups is 1.